The Bertz CT molecular complexity index is 1170. The van der Waals surface area contributed by atoms with Gasteiger partial charge in [-0.15, -0.1) is 11.3 Å². The molecule has 0 spiro atoms. The highest BCUT2D eigenvalue weighted by Gasteiger charge is 2.25. The molecule has 0 radical (unpaired) electrons. The number of aromatic nitrogens is 1. The summed E-state index contributed by atoms with van der Waals surface area (Å²) in [7, 11) is 0. The summed E-state index contributed by atoms with van der Waals surface area (Å²) in [6, 6.07) is 11.5. The number of carboxylic acids is 1. The first-order valence-electron chi connectivity index (χ1n) is 10.4. The van der Waals surface area contributed by atoms with Gasteiger partial charge in [-0.2, -0.15) is 0 Å². The van der Waals surface area contributed by atoms with Crippen LogP contribution in [0.25, 0.3) is 10.4 Å². The van der Waals surface area contributed by atoms with E-state index in [0.717, 1.165) is 21.6 Å². The third-order valence-electron chi connectivity index (χ3n) is 5.11. The Morgan fingerprint density at radius 3 is 2.18 bits per heavy atom. The lowest BCUT2D eigenvalue weighted by Gasteiger charge is -2.16. The lowest BCUT2D eigenvalue weighted by molar-refractivity contribution is -0.140. The van der Waals surface area contributed by atoms with Crippen LogP contribution in [0.2, 0.25) is 0 Å². The third kappa shape index (κ3) is 6.17. The molecule has 2 aromatic carbocycles. The maximum atomic E-state index is 12.4. The second-order valence-electron chi connectivity index (χ2n) is 8.02. The van der Waals surface area contributed by atoms with E-state index >= 15 is 0 Å². The van der Waals surface area contributed by atoms with Crippen molar-refractivity contribution in [3.63, 3.8) is 0 Å². The van der Waals surface area contributed by atoms with E-state index in [4.69, 9.17) is 0 Å². The standard InChI is InChI=1S/C24H26N4O4S/c1-13(2)20(23(30)31)28-21(29)22-25-12-19(33-22)16-6-9-17(10-7-16)26-24(32)27-18-8-5-14(3)15(4)11-18/h5-13,20H,1-4H3,(H,28,29)(H,30,31)(H2,26,27,32)/t20-/m1/s1. The molecule has 0 aliphatic carbocycles. The Kier molecular flexibility index (Phi) is 7.44. The van der Waals surface area contributed by atoms with Gasteiger partial charge in [-0.3, -0.25) is 4.79 Å². The van der Waals surface area contributed by atoms with Gasteiger partial charge in [0.1, 0.15) is 6.04 Å². The van der Waals surface area contributed by atoms with E-state index in [1.807, 2.05) is 44.2 Å². The van der Waals surface area contributed by atoms with Crippen LogP contribution >= 0.6 is 11.3 Å². The predicted molar refractivity (Wildman–Crippen MR) is 130 cm³/mol. The SMILES string of the molecule is Cc1ccc(NC(=O)Nc2ccc(-c3cnc(C(=O)N[C@@H](C(=O)O)C(C)C)s3)cc2)cc1C. The molecule has 0 bridgehead atoms. The van der Waals surface area contributed by atoms with Crippen LogP contribution in [0.4, 0.5) is 16.2 Å². The Balaban J connectivity index is 1.62. The molecule has 3 aromatic rings. The molecule has 4 N–H and O–H groups in total. The molecule has 3 rings (SSSR count). The fourth-order valence-electron chi connectivity index (χ4n) is 3.06. The zero-order valence-electron chi connectivity index (χ0n) is 18.8. The van der Waals surface area contributed by atoms with Crippen molar-refractivity contribution in [3.8, 4) is 10.4 Å². The molecular formula is C24H26N4O4S. The van der Waals surface area contributed by atoms with Crippen molar-refractivity contribution < 1.29 is 19.5 Å². The molecule has 3 amide bonds. The van der Waals surface area contributed by atoms with Crippen molar-refractivity contribution in [2.75, 3.05) is 10.6 Å². The average molecular weight is 467 g/mol. The monoisotopic (exact) mass is 466 g/mol. The molecule has 0 saturated carbocycles. The van der Waals surface area contributed by atoms with Gasteiger partial charge in [-0.1, -0.05) is 32.0 Å². The van der Waals surface area contributed by atoms with Gasteiger partial charge in [0.2, 0.25) is 0 Å². The molecule has 0 aliphatic heterocycles. The summed E-state index contributed by atoms with van der Waals surface area (Å²) in [5.74, 6) is -1.86. The fraction of sp³-hybridized carbons (Fsp3) is 0.250. The first-order valence-corrected chi connectivity index (χ1v) is 11.2. The highest BCUT2D eigenvalue weighted by atomic mass is 32.1. The average Bonchev–Trinajstić information content (AvgIpc) is 3.25. The second kappa shape index (κ2) is 10.3. The van der Waals surface area contributed by atoms with E-state index in [1.165, 1.54) is 11.3 Å². The minimum atomic E-state index is -1.08. The summed E-state index contributed by atoms with van der Waals surface area (Å²) < 4.78 is 0. The summed E-state index contributed by atoms with van der Waals surface area (Å²) in [6.07, 6.45) is 1.57. The van der Waals surface area contributed by atoms with E-state index in [-0.39, 0.29) is 17.0 Å². The Hall–Kier alpha value is -3.72. The largest absolute Gasteiger partial charge is 0.480 e. The molecule has 8 nitrogen and oxygen atoms in total. The first-order chi connectivity index (χ1) is 15.6. The second-order valence-corrected chi connectivity index (χ2v) is 9.05. The Morgan fingerprint density at radius 2 is 1.58 bits per heavy atom. The van der Waals surface area contributed by atoms with Crippen molar-refractivity contribution in [2.24, 2.45) is 5.92 Å². The maximum Gasteiger partial charge on any atom is 0.326 e. The molecule has 0 saturated heterocycles. The third-order valence-corrected chi connectivity index (χ3v) is 6.16. The van der Waals surface area contributed by atoms with Crippen molar-refractivity contribution in [2.45, 2.75) is 33.7 Å². The van der Waals surface area contributed by atoms with Crippen LogP contribution in [0.15, 0.2) is 48.7 Å². The molecule has 1 aromatic heterocycles. The van der Waals surface area contributed by atoms with Gasteiger partial charge in [0.25, 0.3) is 5.91 Å². The Labute approximate surface area is 196 Å². The van der Waals surface area contributed by atoms with Crippen LogP contribution in [-0.4, -0.2) is 34.0 Å². The van der Waals surface area contributed by atoms with Crippen LogP contribution in [-0.2, 0) is 4.79 Å². The lowest BCUT2D eigenvalue weighted by Crippen LogP contribution is -2.44. The van der Waals surface area contributed by atoms with Crippen LogP contribution in [0, 0.1) is 19.8 Å². The summed E-state index contributed by atoms with van der Waals surface area (Å²) >= 11 is 1.17. The number of amides is 3. The maximum absolute atomic E-state index is 12.4. The zero-order valence-corrected chi connectivity index (χ0v) is 19.6. The van der Waals surface area contributed by atoms with Gasteiger partial charge >= 0.3 is 12.0 Å². The molecule has 0 aliphatic rings. The van der Waals surface area contributed by atoms with E-state index in [9.17, 15) is 19.5 Å². The van der Waals surface area contributed by atoms with E-state index in [1.54, 1.807) is 32.2 Å². The Morgan fingerprint density at radius 1 is 0.939 bits per heavy atom. The summed E-state index contributed by atoms with van der Waals surface area (Å²) in [5.41, 5.74) is 4.40. The number of anilines is 2. The van der Waals surface area contributed by atoms with Crippen molar-refractivity contribution in [1.29, 1.82) is 0 Å². The molecule has 33 heavy (non-hydrogen) atoms. The molecular weight excluding hydrogens is 440 g/mol. The molecule has 172 valence electrons. The molecule has 0 unspecified atom stereocenters. The lowest BCUT2D eigenvalue weighted by atomic mass is 10.1. The number of benzene rings is 2. The summed E-state index contributed by atoms with van der Waals surface area (Å²) in [6.45, 7) is 7.45. The highest BCUT2D eigenvalue weighted by Crippen LogP contribution is 2.27. The number of rotatable bonds is 7. The number of hydrogen-bond donors (Lipinski definition) is 4. The van der Waals surface area contributed by atoms with Crippen molar-refractivity contribution >= 4 is 40.6 Å². The zero-order chi connectivity index (χ0) is 24.1. The normalized spacial score (nSPS) is 11.7. The van der Waals surface area contributed by atoms with Gasteiger partial charge in [0.15, 0.2) is 5.01 Å². The highest BCUT2D eigenvalue weighted by molar-refractivity contribution is 7.17. The number of aryl methyl sites for hydroxylation is 2. The van der Waals surface area contributed by atoms with Crippen LogP contribution in [0.5, 0.6) is 0 Å². The molecule has 1 heterocycles. The van der Waals surface area contributed by atoms with Crippen LogP contribution < -0.4 is 16.0 Å². The minimum Gasteiger partial charge on any atom is -0.480 e. The number of nitrogens with zero attached hydrogens (tertiary/aromatic N) is 1. The van der Waals surface area contributed by atoms with Gasteiger partial charge in [0, 0.05) is 17.6 Å². The van der Waals surface area contributed by atoms with Crippen molar-refractivity contribution in [3.05, 3.63) is 64.8 Å². The summed E-state index contributed by atoms with van der Waals surface area (Å²) in [5, 5.41) is 17.5. The quantitative estimate of drug-likeness (QED) is 0.394. The number of carbonyl (C=O) groups is 3. The predicted octanol–water partition coefficient (Wildman–Crippen LogP) is 4.91. The number of thiazole rings is 1. The number of urea groups is 1. The molecule has 9 heteroatoms. The number of carboxylic acid groups (broad SMARTS) is 1. The van der Waals surface area contributed by atoms with E-state index in [0.29, 0.717) is 11.4 Å². The smallest absolute Gasteiger partial charge is 0.326 e. The molecule has 1 atom stereocenters. The number of nitrogens with one attached hydrogen (secondary N) is 3. The number of aliphatic carboxylic acids is 1. The van der Waals surface area contributed by atoms with E-state index in [2.05, 4.69) is 20.9 Å². The van der Waals surface area contributed by atoms with Gasteiger partial charge in [-0.05, 0) is 60.7 Å². The number of hydrogen-bond acceptors (Lipinski definition) is 5. The topological polar surface area (TPSA) is 120 Å². The van der Waals surface area contributed by atoms with Crippen molar-refractivity contribution in [1.82, 2.24) is 10.3 Å². The molecule has 0 fully saturated rings. The van der Waals surface area contributed by atoms with Gasteiger partial charge in [0.05, 0.1) is 4.88 Å². The number of carbonyl (C=O) groups excluding carboxylic acids is 2. The van der Waals surface area contributed by atoms with Gasteiger partial charge < -0.3 is 21.1 Å². The fourth-order valence-corrected chi connectivity index (χ4v) is 3.88. The summed E-state index contributed by atoms with van der Waals surface area (Å²) in [4.78, 5) is 40.9. The van der Waals surface area contributed by atoms with Crippen LogP contribution in [0.3, 0.4) is 0 Å². The first kappa shape index (κ1) is 23.9. The van der Waals surface area contributed by atoms with Crippen LogP contribution in [0.1, 0.15) is 34.8 Å². The minimum absolute atomic E-state index is 0.187. The van der Waals surface area contributed by atoms with E-state index < -0.39 is 17.9 Å². The van der Waals surface area contributed by atoms with Gasteiger partial charge in [-0.25, -0.2) is 14.6 Å².